The lowest BCUT2D eigenvalue weighted by molar-refractivity contribution is 0.0000815. The zero-order valence-electron chi connectivity index (χ0n) is 14.8. The third-order valence-electron chi connectivity index (χ3n) is 4.56. The first-order chi connectivity index (χ1) is 11.8. The monoisotopic (exact) mass is 343 g/mol. The molecule has 0 aliphatic carbocycles. The van der Waals surface area contributed by atoms with Crippen molar-refractivity contribution in [2.75, 3.05) is 0 Å². The molecule has 3 rings (SSSR count). The molecule has 2 unspecified atom stereocenters. The van der Waals surface area contributed by atoms with Crippen LogP contribution in [0.3, 0.4) is 0 Å². The van der Waals surface area contributed by atoms with Gasteiger partial charge in [-0.25, -0.2) is 14.2 Å². The van der Waals surface area contributed by atoms with Crippen LogP contribution in [-0.4, -0.2) is 33.7 Å². The average Bonchev–Trinajstić information content (AvgIpc) is 2.51. The van der Waals surface area contributed by atoms with Crippen LogP contribution >= 0.6 is 0 Å². The van der Waals surface area contributed by atoms with Gasteiger partial charge in [-0.1, -0.05) is 6.08 Å². The van der Waals surface area contributed by atoms with Crippen LogP contribution in [0.25, 0.3) is 5.57 Å². The summed E-state index contributed by atoms with van der Waals surface area (Å²) >= 11 is 0. The van der Waals surface area contributed by atoms with Crippen molar-refractivity contribution in [1.82, 2.24) is 9.88 Å². The summed E-state index contributed by atoms with van der Waals surface area (Å²) in [6.07, 6.45) is 6.72. The molecule has 25 heavy (non-hydrogen) atoms. The first-order valence-electron chi connectivity index (χ1n) is 8.56. The van der Waals surface area contributed by atoms with Crippen LogP contribution in [0, 0.1) is 17.1 Å². The Morgan fingerprint density at radius 2 is 2.20 bits per heavy atom. The first-order valence-corrected chi connectivity index (χ1v) is 8.56. The Kier molecular flexibility index (Phi) is 4.51. The summed E-state index contributed by atoms with van der Waals surface area (Å²) in [5.74, 6) is -0.611. The maximum atomic E-state index is 13.9. The van der Waals surface area contributed by atoms with Gasteiger partial charge in [0.25, 0.3) is 0 Å². The van der Waals surface area contributed by atoms with Gasteiger partial charge in [-0.05, 0) is 63.7 Å². The number of halogens is 1. The van der Waals surface area contributed by atoms with Crippen molar-refractivity contribution in [3.63, 3.8) is 0 Å². The molecule has 2 bridgehead atoms. The molecule has 1 amide bonds. The van der Waals surface area contributed by atoms with Gasteiger partial charge in [-0.15, -0.1) is 0 Å². The predicted molar refractivity (Wildman–Crippen MR) is 91.0 cm³/mol. The molecule has 0 spiro atoms. The van der Waals surface area contributed by atoms with E-state index >= 15 is 0 Å². The lowest BCUT2D eigenvalue weighted by Crippen LogP contribution is -2.53. The van der Waals surface area contributed by atoms with Gasteiger partial charge < -0.3 is 4.74 Å². The maximum Gasteiger partial charge on any atom is 0.411 e. The summed E-state index contributed by atoms with van der Waals surface area (Å²) in [5, 5.41) is 8.81. The molecule has 0 radical (unpaired) electrons. The van der Waals surface area contributed by atoms with E-state index in [0.29, 0.717) is 12.0 Å². The minimum atomic E-state index is -0.611. The summed E-state index contributed by atoms with van der Waals surface area (Å²) in [6.45, 7) is 5.57. The normalized spacial score (nSPS) is 22.8. The van der Waals surface area contributed by atoms with E-state index in [0.717, 1.165) is 24.8 Å². The van der Waals surface area contributed by atoms with Crippen molar-refractivity contribution in [1.29, 1.82) is 5.26 Å². The van der Waals surface area contributed by atoms with E-state index in [1.165, 1.54) is 12.3 Å². The van der Waals surface area contributed by atoms with E-state index in [1.54, 1.807) is 6.07 Å². The standard InChI is InChI=1S/C19H22FN3O2/c1-19(2,3)25-18(24)23-14-5-4-6-15(23)8-12(7-14)13-9-16(20)17(10-21)22-11-13/h7,9,11,14-15H,4-6,8H2,1-3H3. The second-order valence-electron chi connectivity index (χ2n) is 7.60. The van der Waals surface area contributed by atoms with Gasteiger partial charge in [0.1, 0.15) is 11.7 Å². The van der Waals surface area contributed by atoms with E-state index in [9.17, 15) is 9.18 Å². The number of carbonyl (C=O) groups excluding carboxylic acids is 1. The Labute approximate surface area is 147 Å². The number of rotatable bonds is 1. The van der Waals surface area contributed by atoms with Gasteiger partial charge in [0.05, 0.1) is 6.04 Å². The molecule has 2 atom stereocenters. The molecule has 1 fully saturated rings. The maximum absolute atomic E-state index is 13.9. The van der Waals surface area contributed by atoms with Crippen molar-refractivity contribution in [2.45, 2.75) is 64.1 Å². The molecule has 5 nitrogen and oxygen atoms in total. The molecule has 2 aliphatic rings. The SMILES string of the molecule is CC(C)(C)OC(=O)N1C2C=C(c3cnc(C#N)c(F)c3)CC1CCC2. The molecule has 1 saturated heterocycles. The minimum absolute atomic E-state index is 0.0453. The number of hydrogen-bond acceptors (Lipinski definition) is 4. The number of ether oxygens (including phenoxy) is 1. The molecule has 132 valence electrons. The Hall–Kier alpha value is -2.42. The zero-order valence-corrected chi connectivity index (χ0v) is 14.8. The van der Waals surface area contributed by atoms with Crippen molar-refractivity contribution >= 4 is 11.7 Å². The van der Waals surface area contributed by atoms with E-state index in [1.807, 2.05) is 31.7 Å². The smallest absolute Gasteiger partial charge is 0.411 e. The molecule has 6 heteroatoms. The molecule has 2 aliphatic heterocycles. The first kappa shape index (κ1) is 17.4. The topological polar surface area (TPSA) is 66.2 Å². The molecule has 0 saturated carbocycles. The van der Waals surface area contributed by atoms with Crippen molar-refractivity contribution in [2.24, 2.45) is 0 Å². The summed E-state index contributed by atoms with van der Waals surface area (Å²) in [4.78, 5) is 18.3. The third kappa shape index (κ3) is 3.65. The van der Waals surface area contributed by atoms with E-state index in [4.69, 9.17) is 10.00 Å². The van der Waals surface area contributed by atoms with E-state index in [2.05, 4.69) is 4.98 Å². The van der Waals surface area contributed by atoms with Crippen molar-refractivity contribution < 1.29 is 13.9 Å². The van der Waals surface area contributed by atoms with Crippen molar-refractivity contribution in [3.8, 4) is 6.07 Å². The fourth-order valence-corrected chi connectivity index (χ4v) is 3.54. The van der Waals surface area contributed by atoms with Gasteiger partial charge >= 0.3 is 6.09 Å². The zero-order chi connectivity index (χ0) is 18.2. The van der Waals surface area contributed by atoms with E-state index in [-0.39, 0.29) is 23.9 Å². The lowest BCUT2D eigenvalue weighted by atomic mass is 9.83. The predicted octanol–water partition coefficient (Wildman–Crippen LogP) is 4.04. The molecule has 1 aromatic rings. The molecular formula is C19H22FN3O2. The summed E-state index contributed by atoms with van der Waals surface area (Å²) in [5.41, 5.74) is 0.925. The number of amides is 1. The van der Waals surface area contributed by atoms with Gasteiger partial charge in [0, 0.05) is 12.2 Å². The number of fused-ring (bicyclic) bond motifs is 2. The van der Waals surface area contributed by atoms with Crippen LogP contribution in [-0.2, 0) is 4.74 Å². The third-order valence-corrected chi connectivity index (χ3v) is 4.56. The van der Waals surface area contributed by atoms with Crippen LogP contribution in [0.2, 0.25) is 0 Å². The van der Waals surface area contributed by atoms with Crippen LogP contribution in [0.4, 0.5) is 9.18 Å². The fraction of sp³-hybridized carbons (Fsp3) is 0.526. The van der Waals surface area contributed by atoms with E-state index < -0.39 is 11.4 Å². The highest BCUT2D eigenvalue weighted by Gasteiger charge is 2.39. The van der Waals surface area contributed by atoms with Crippen molar-refractivity contribution in [3.05, 3.63) is 35.4 Å². The number of pyridine rings is 1. The molecule has 0 aromatic carbocycles. The Balaban J connectivity index is 1.88. The molecular weight excluding hydrogens is 321 g/mol. The Bertz CT molecular complexity index is 761. The number of piperidine rings is 1. The lowest BCUT2D eigenvalue weighted by Gasteiger charge is -2.45. The Morgan fingerprint density at radius 3 is 2.80 bits per heavy atom. The van der Waals surface area contributed by atoms with Crippen LogP contribution in [0.5, 0.6) is 0 Å². The second kappa shape index (κ2) is 6.47. The number of nitrogens with zero attached hydrogens (tertiary/aromatic N) is 3. The van der Waals surface area contributed by atoms with Crippen LogP contribution in [0.1, 0.15) is 57.7 Å². The molecule has 0 N–H and O–H groups in total. The number of nitriles is 1. The van der Waals surface area contributed by atoms with Gasteiger partial charge in [0.15, 0.2) is 11.5 Å². The largest absolute Gasteiger partial charge is 0.444 e. The molecule has 1 aromatic heterocycles. The molecule has 3 heterocycles. The van der Waals surface area contributed by atoms with Crippen LogP contribution in [0.15, 0.2) is 18.3 Å². The minimum Gasteiger partial charge on any atom is -0.444 e. The number of carbonyl (C=O) groups is 1. The summed E-state index contributed by atoms with van der Waals surface area (Å²) in [7, 11) is 0. The van der Waals surface area contributed by atoms with Gasteiger partial charge in [-0.2, -0.15) is 5.26 Å². The van der Waals surface area contributed by atoms with Crippen LogP contribution < -0.4 is 0 Å². The average molecular weight is 343 g/mol. The number of aromatic nitrogens is 1. The highest BCUT2D eigenvalue weighted by atomic mass is 19.1. The second-order valence-corrected chi connectivity index (χ2v) is 7.60. The summed E-state index contributed by atoms with van der Waals surface area (Å²) in [6, 6.07) is 3.09. The fourth-order valence-electron chi connectivity index (χ4n) is 3.54. The number of hydrogen-bond donors (Lipinski definition) is 0. The van der Waals surface area contributed by atoms with Gasteiger partial charge in [0.2, 0.25) is 0 Å². The highest BCUT2D eigenvalue weighted by Crippen LogP contribution is 2.38. The highest BCUT2D eigenvalue weighted by molar-refractivity contribution is 5.74. The van der Waals surface area contributed by atoms with Gasteiger partial charge in [-0.3, -0.25) is 4.90 Å². The Morgan fingerprint density at radius 1 is 1.44 bits per heavy atom. The quantitative estimate of drug-likeness (QED) is 0.772. The summed E-state index contributed by atoms with van der Waals surface area (Å²) < 4.78 is 19.4.